The first-order valence-corrected chi connectivity index (χ1v) is 4.68. The third kappa shape index (κ3) is 4.03. The number of ether oxygens (including phenoxy) is 1. The zero-order valence-corrected chi connectivity index (χ0v) is 8.75. The van der Waals surface area contributed by atoms with Crippen molar-refractivity contribution in [3.63, 3.8) is 0 Å². The summed E-state index contributed by atoms with van der Waals surface area (Å²) in [6, 6.07) is 0. The van der Waals surface area contributed by atoms with E-state index >= 15 is 0 Å². The Kier molecular flexibility index (Phi) is 4.17. The molecule has 0 bridgehead atoms. The van der Waals surface area contributed by atoms with E-state index in [-0.39, 0.29) is 19.1 Å². The van der Waals surface area contributed by atoms with Gasteiger partial charge in [0.25, 0.3) is 0 Å². The summed E-state index contributed by atoms with van der Waals surface area (Å²) in [5.41, 5.74) is 0. The molecule has 0 saturated heterocycles. The van der Waals surface area contributed by atoms with Gasteiger partial charge >= 0.3 is 5.97 Å². The van der Waals surface area contributed by atoms with Crippen molar-refractivity contribution in [1.82, 2.24) is 20.2 Å². The highest BCUT2D eigenvalue weighted by molar-refractivity contribution is 5.66. The van der Waals surface area contributed by atoms with Crippen molar-refractivity contribution in [2.45, 2.75) is 39.5 Å². The SMILES string of the molecule is CC(C)OCc1nnnn1CCC(=O)O. The Balaban J connectivity index is 2.49. The number of carboxylic acids is 1. The molecule has 1 N–H and O–H groups in total. The first-order chi connectivity index (χ1) is 7.09. The van der Waals surface area contributed by atoms with E-state index < -0.39 is 5.97 Å². The maximum Gasteiger partial charge on any atom is 0.305 e. The summed E-state index contributed by atoms with van der Waals surface area (Å²) in [5, 5.41) is 19.4. The lowest BCUT2D eigenvalue weighted by Gasteiger charge is -2.06. The summed E-state index contributed by atoms with van der Waals surface area (Å²) in [5.74, 6) is -0.328. The van der Waals surface area contributed by atoms with Gasteiger partial charge in [-0.2, -0.15) is 0 Å². The molecule has 7 heteroatoms. The van der Waals surface area contributed by atoms with Crippen molar-refractivity contribution >= 4 is 5.97 Å². The lowest BCUT2D eigenvalue weighted by Crippen LogP contribution is -2.12. The fourth-order valence-electron chi connectivity index (χ4n) is 0.943. The molecule has 0 aliphatic rings. The van der Waals surface area contributed by atoms with Crippen LogP contribution in [0, 0.1) is 0 Å². The first-order valence-electron chi connectivity index (χ1n) is 4.68. The molecule has 0 amide bonds. The standard InChI is InChI=1S/C8H14N4O3/c1-6(2)15-5-7-9-10-11-12(7)4-3-8(13)14/h6H,3-5H2,1-2H3,(H,13,14). The van der Waals surface area contributed by atoms with Gasteiger partial charge in [0, 0.05) is 0 Å². The molecule has 1 aromatic rings. The summed E-state index contributed by atoms with van der Waals surface area (Å²) >= 11 is 0. The molecule has 1 aromatic heterocycles. The monoisotopic (exact) mass is 214 g/mol. The normalized spacial score (nSPS) is 10.9. The smallest absolute Gasteiger partial charge is 0.305 e. The number of aromatic nitrogens is 4. The topological polar surface area (TPSA) is 90.1 Å². The average molecular weight is 214 g/mol. The van der Waals surface area contributed by atoms with E-state index in [9.17, 15) is 4.79 Å². The molecule has 0 saturated carbocycles. The third-order valence-electron chi connectivity index (χ3n) is 1.69. The molecule has 7 nitrogen and oxygen atoms in total. The van der Waals surface area contributed by atoms with Gasteiger partial charge in [-0.1, -0.05) is 0 Å². The maximum absolute atomic E-state index is 10.4. The van der Waals surface area contributed by atoms with Crippen LogP contribution in [0.5, 0.6) is 0 Å². The predicted molar refractivity (Wildman–Crippen MR) is 50.0 cm³/mol. The summed E-state index contributed by atoms with van der Waals surface area (Å²) in [7, 11) is 0. The Morgan fingerprint density at radius 1 is 1.60 bits per heavy atom. The van der Waals surface area contributed by atoms with E-state index in [0.717, 1.165) is 0 Å². The minimum absolute atomic E-state index is 0.000279. The first kappa shape index (κ1) is 11.6. The molecule has 0 spiro atoms. The van der Waals surface area contributed by atoms with E-state index in [2.05, 4.69) is 15.5 Å². The second-order valence-electron chi connectivity index (χ2n) is 3.32. The van der Waals surface area contributed by atoms with Crippen molar-refractivity contribution in [2.75, 3.05) is 0 Å². The van der Waals surface area contributed by atoms with Crippen molar-refractivity contribution < 1.29 is 14.6 Å². The molecule has 1 heterocycles. The Morgan fingerprint density at radius 2 is 2.33 bits per heavy atom. The Bertz CT molecular complexity index is 323. The predicted octanol–water partition coefficient (Wildman–Crippen LogP) is 0.0728. The van der Waals surface area contributed by atoms with Crippen LogP contribution in [0.15, 0.2) is 0 Å². The Hall–Kier alpha value is -1.50. The minimum Gasteiger partial charge on any atom is -0.481 e. The van der Waals surface area contributed by atoms with Crippen LogP contribution in [0.4, 0.5) is 0 Å². The highest BCUT2D eigenvalue weighted by atomic mass is 16.5. The van der Waals surface area contributed by atoms with E-state index in [1.165, 1.54) is 4.68 Å². The van der Waals surface area contributed by atoms with E-state index in [4.69, 9.17) is 9.84 Å². The largest absolute Gasteiger partial charge is 0.481 e. The summed E-state index contributed by atoms with van der Waals surface area (Å²) in [4.78, 5) is 10.4. The fraction of sp³-hybridized carbons (Fsp3) is 0.750. The quantitative estimate of drug-likeness (QED) is 0.720. The van der Waals surface area contributed by atoms with Crippen LogP contribution in [0.2, 0.25) is 0 Å². The third-order valence-corrected chi connectivity index (χ3v) is 1.69. The van der Waals surface area contributed by atoms with Crippen molar-refractivity contribution in [2.24, 2.45) is 0 Å². The molecule has 0 aliphatic carbocycles. The molecule has 15 heavy (non-hydrogen) atoms. The number of nitrogens with zero attached hydrogens (tertiary/aromatic N) is 4. The maximum atomic E-state index is 10.4. The molecular weight excluding hydrogens is 200 g/mol. The summed E-state index contributed by atoms with van der Waals surface area (Å²) in [6.45, 7) is 4.38. The number of carboxylic acid groups (broad SMARTS) is 1. The lowest BCUT2D eigenvalue weighted by atomic mass is 10.4. The molecule has 0 fully saturated rings. The highest BCUT2D eigenvalue weighted by Crippen LogP contribution is 1.99. The van der Waals surface area contributed by atoms with Crippen molar-refractivity contribution in [3.05, 3.63) is 5.82 Å². The molecule has 0 aromatic carbocycles. The Labute approximate surface area is 87.0 Å². The van der Waals surface area contributed by atoms with Gasteiger partial charge in [0.1, 0.15) is 6.61 Å². The molecule has 0 aliphatic heterocycles. The molecule has 0 radical (unpaired) electrons. The molecule has 84 valence electrons. The van der Waals surface area contributed by atoms with Crippen LogP contribution in [0.3, 0.4) is 0 Å². The zero-order valence-electron chi connectivity index (χ0n) is 8.75. The van der Waals surface area contributed by atoms with Crippen LogP contribution >= 0.6 is 0 Å². The van der Waals surface area contributed by atoms with E-state index in [0.29, 0.717) is 12.4 Å². The number of rotatable bonds is 6. The van der Waals surface area contributed by atoms with Gasteiger partial charge in [-0.05, 0) is 24.3 Å². The van der Waals surface area contributed by atoms with Gasteiger partial charge in [0.05, 0.1) is 19.1 Å². The second-order valence-corrected chi connectivity index (χ2v) is 3.32. The molecule has 1 rings (SSSR count). The van der Waals surface area contributed by atoms with Crippen LogP contribution in [0.25, 0.3) is 0 Å². The number of aliphatic carboxylic acids is 1. The average Bonchev–Trinajstić information content (AvgIpc) is 2.58. The number of hydrogen-bond acceptors (Lipinski definition) is 5. The molecular formula is C8H14N4O3. The zero-order chi connectivity index (χ0) is 11.3. The van der Waals surface area contributed by atoms with Gasteiger partial charge in [-0.15, -0.1) is 5.10 Å². The van der Waals surface area contributed by atoms with Crippen LogP contribution in [-0.2, 0) is 22.7 Å². The van der Waals surface area contributed by atoms with Crippen LogP contribution < -0.4 is 0 Å². The summed E-state index contributed by atoms with van der Waals surface area (Å²) < 4.78 is 6.76. The fourth-order valence-corrected chi connectivity index (χ4v) is 0.943. The number of carbonyl (C=O) groups is 1. The van der Waals surface area contributed by atoms with Crippen molar-refractivity contribution in [1.29, 1.82) is 0 Å². The molecule has 0 atom stereocenters. The van der Waals surface area contributed by atoms with Crippen LogP contribution in [0.1, 0.15) is 26.1 Å². The Morgan fingerprint density at radius 3 is 2.93 bits per heavy atom. The highest BCUT2D eigenvalue weighted by Gasteiger charge is 2.08. The van der Waals surface area contributed by atoms with Gasteiger partial charge in [-0.3, -0.25) is 4.79 Å². The van der Waals surface area contributed by atoms with Crippen molar-refractivity contribution in [3.8, 4) is 0 Å². The van der Waals surface area contributed by atoms with E-state index in [1.807, 2.05) is 13.8 Å². The van der Waals surface area contributed by atoms with Gasteiger partial charge < -0.3 is 9.84 Å². The lowest BCUT2D eigenvalue weighted by molar-refractivity contribution is -0.137. The number of tetrazole rings is 1. The summed E-state index contributed by atoms with van der Waals surface area (Å²) in [6.07, 6.45) is 0.0920. The number of hydrogen-bond donors (Lipinski definition) is 1. The second kappa shape index (κ2) is 5.40. The van der Waals surface area contributed by atoms with E-state index in [1.54, 1.807) is 0 Å². The molecule has 0 unspecified atom stereocenters. The van der Waals surface area contributed by atoms with Crippen LogP contribution in [-0.4, -0.2) is 37.4 Å². The van der Waals surface area contributed by atoms with Gasteiger partial charge in [0.2, 0.25) is 0 Å². The van der Waals surface area contributed by atoms with Gasteiger partial charge in [0.15, 0.2) is 5.82 Å². The minimum atomic E-state index is -0.874. The van der Waals surface area contributed by atoms with Gasteiger partial charge in [-0.25, -0.2) is 4.68 Å². The number of aryl methyl sites for hydroxylation is 1.